The number of hydrogen-bond acceptors (Lipinski definition) is 4. The molecule has 35 heavy (non-hydrogen) atoms. The molecule has 0 unspecified atom stereocenters. The van der Waals surface area contributed by atoms with Gasteiger partial charge < -0.3 is 4.90 Å². The second kappa shape index (κ2) is 10.00. The molecule has 8 heteroatoms. The molecule has 0 bridgehead atoms. The number of thioether (sulfide) groups is 1. The molecule has 5 rings (SSSR count). The number of likely N-dealkylation sites (tertiary alicyclic amines) is 1. The van der Waals surface area contributed by atoms with Gasteiger partial charge in [-0.05, 0) is 73.4 Å². The quantitative estimate of drug-likeness (QED) is 0.270. The van der Waals surface area contributed by atoms with E-state index >= 15 is 0 Å². The zero-order chi connectivity index (χ0) is 24.4. The molecular formula is C27H23F2N3O2S. The van der Waals surface area contributed by atoms with Crippen molar-refractivity contribution in [1.29, 1.82) is 0 Å². The van der Waals surface area contributed by atoms with Crippen molar-refractivity contribution in [3.8, 4) is 5.69 Å². The summed E-state index contributed by atoms with van der Waals surface area (Å²) in [6, 6.07) is 16.9. The van der Waals surface area contributed by atoms with Crippen molar-refractivity contribution in [2.45, 2.75) is 30.2 Å². The molecule has 0 radical (unpaired) electrons. The topological polar surface area (TPSA) is 55.2 Å². The van der Waals surface area contributed by atoms with E-state index in [1.165, 1.54) is 46.7 Å². The summed E-state index contributed by atoms with van der Waals surface area (Å²) >= 11 is 1.25. The molecule has 1 aromatic heterocycles. The Bertz CT molecular complexity index is 1460. The van der Waals surface area contributed by atoms with Crippen LogP contribution >= 0.6 is 11.8 Å². The lowest BCUT2D eigenvalue weighted by molar-refractivity contribution is 0.0724. The van der Waals surface area contributed by atoms with Crippen molar-refractivity contribution in [1.82, 2.24) is 14.5 Å². The molecule has 1 fully saturated rings. The highest BCUT2D eigenvalue weighted by Gasteiger charge is 2.20. The Morgan fingerprint density at radius 1 is 0.914 bits per heavy atom. The van der Waals surface area contributed by atoms with Crippen LogP contribution in [0.4, 0.5) is 8.78 Å². The Hall–Kier alpha value is -3.52. The summed E-state index contributed by atoms with van der Waals surface area (Å²) in [6.07, 6.45) is 3.09. The van der Waals surface area contributed by atoms with E-state index in [0.29, 0.717) is 33.1 Å². The minimum atomic E-state index is -0.474. The van der Waals surface area contributed by atoms with Gasteiger partial charge in [0.05, 0.1) is 16.6 Å². The molecule has 5 nitrogen and oxygen atoms in total. The van der Waals surface area contributed by atoms with Crippen molar-refractivity contribution in [2.24, 2.45) is 0 Å². The number of aromatic nitrogens is 2. The van der Waals surface area contributed by atoms with Crippen molar-refractivity contribution in [3.05, 3.63) is 99.8 Å². The predicted molar refractivity (Wildman–Crippen MR) is 133 cm³/mol. The summed E-state index contributed by atoms with van der Waals surface area (Å²) < 4.78 is 29.1. The minimum absolute atomic E-state index is 0.0725. The largest absolute Gasteiger partial charge is 0.339 e. The van der Waals surface area contributed by atoms with Crippen molar-refractivity contribution >= 4 is 28.6 Å². The van der Waals surface area contributed by atoms with Crippen LogP contribution in [-0.2, 0) is 5.75 Å². The number of carbonyl (C=O) groups is 1. The first-order chi connectivity index (χ1) is 17.0. The van der Waals surface area contributed by atoms with Crippen molar-refractivity contribution in [3.63, 3.8) is 0 Å². The number of carbonyl (C=O) groups excluding carboxylic acids is 1. The number of halogens is 2. The Morgan fingerprint density at radius 3 is 2.40 bits per heavy atom. The standard InChI is InChI=1S/C27H23F2N3O2S/c28-20-7-4-6-18(14-20)17-35-27-30-24-15-19(25(33)31-12-2-1-3-13-31)10-11-23(24)26(34)32(27)22-9-5-8-21(29)16-22/h4-11,14-16H,1-3,12-13,17H2. The van der Waals surface area contributed by atoms with Gasteiger partial charge in [-0.15, -0.1) is 0 Å². The highest BCUT2D eigenvalue weighted by molar-refractivity contribution is 7.98. The van der Waals surface area contributed by atoms with Crippen LogP contribution in [0.2, 0.25) is 0 Å². The van der Waals surface area contributed by atoms with Crippen molar-refractivity contribution in [2.75, 3.05) is 13.1 Å². The van der Waals surface area contributed by atoms with Gasteiger partial charge in [0.1, 0.15) is 11.6 Å². The number of fused-ring (bicyclic) bond motifs is 1. The lowest BCUT2D eigenvalue weighted by Crippen LogP contribution is -2.35. The van der Waals surface area contributed by atoms with Gasteiger partial charge in [0, 0.05) is 24.4 Å². The first kappa shape index (κ1) is 23.2. The maximum Gasteiger partial charge on any atom is 0.266 e. The van der Waals surface area contributed by atoms with E-state index in [-0.39, 0.29) is 17.3 Å². The summed E-state index contributed by atoms with van der Waals surface area (Å²) in [4.78, 5) is 33.1. The smallest absolute Gasteiger partial charge is 0.266 e. The van der Waals surface area contributed by atoms with E-state index in [2.05, 4.69) is 0 Å². The van der Waals surface area contributed by atoms with Crippen molar-refractivity contribution < 1.29 is 13.6 Å². The minimum Gasteiger partial charge on any atom is -0.339 e. The predicted octanol–water partition coefficient (Wildman–Crippen LogP) is 5.58. The molecule has 0 N–H and O–H groups in total. The summed E-state index contributed by atoms with van der Waals surface area (Å²) in [5, 5.41) is 0.666. The Labute approximate surface area is 205 Å². The van der Waals surface area contributed by atoms with E-state index in [4.69, 9.17) is 4.98 Å². The molecule has 2 heterocycles. The highest BCUT2D eigenvalue weighted by atomic mass is 32.2. The van der Waals surface area contributed by atoms with E-state index in [1.807, 2.05) is 4.90 Å². The second-order valence-electron chi connectivity index (χ2n) is 8.52. The highest BCUT2D eigenvalue weighted by Crippen LogP contribution is 2.26. The van der Waals surface area contributed by atoms with Crippen LogP contribution in [0, 0.1) is 11.6 Å². The number of benzene rings is 3. The molecule has 0 aliphatic carbocycles. The molecule has 1 amide bonds. The molecule has 178 valence electrons. The third-order valence-electron chi connectivity index (χ3n) is 6.05. The zero-order valence-electron chi connectivity index (χ0n) is 18.9. The van der Waals surface area contributed by atoms with Gasteiger partial charge in [0.15, 0.2) is 5.16 Å². The molecule has 1 aliphatic rings. The van der Waals surface area contributed by atoms with Crippen LogP contribution in [0.5, 0.6) is 0 Å². The van der Waals surface area contributed by atoms with Crippen LogP contribution in [0.25, 0.3) is 16.6 Å². The average molecular weight is 492 g/mol. The number of nitrogens with zero attached hydrogens (tertiary/aromatic N) is 3. The monoisotopic (exact) mass is 491 g/mol. The van der Waals surface area contributed by atoms with Gasteiger partial charge in [-0.1, -0.05) is 30.0 Å². The fraction of sp³-hybridized carbons (Fsp3) is 0.222. The molecule has 1 saturated heterocycles. The van der Waals surface area contributed by atoms with Crippen LogP contribution in [0.15, 0.2) is 76.7 Å². The van der Waals surface area contributed by atoms with Crippen LogP contribution < -0.4 is 5.56 Å². The second-order valence-corrected chi connectivity index (χ2v) is 9.46. The lowest BCUT2D eigenvalue weighted by Gasteiger charge is -2.26. The number of amides is 1. The maximum absolute atomic E-state index is 14.0. The first-order valence-electron chi connectivity index (χ1n) is 11.5. The van der Waals surface area contributed by atoms with Gasteiger partial charge in [-0.25, -0.2) is 13.8 Å². The molecule has 0 atom stereocenters. The summed E-state index contributed by atoms with van der Waals surface area (Å²) in [5.74, 6) is -0.537. The summed E-state index contributed by atoms with van der Waals surface area (Å²) in [7, 11) is 0. The number of hydrogen-bond donors (Lipinski definition) is 0. The van der Waals surface area contributed by atoms with Gasteiger partial charge in [-0.3, -0.25) is 14.2 Å². The lowest BCUT2D eigenvalue weighted by atomic mass is 10.1. The van der Waals surface area contributed by atoms with Gasteiger partial charge in [0.2, 0.25) is 0 Å². The van der Waals surface area contributed by atoms with Gasteiger partial charge in [0.25, 0.3) is 11.5 Å². The van der Waals surface area contributed by atoms with Crippen LogP contribution in [0.1, 0.15) is 35.2 Å². The Morgan fingerprint density at radius 2 is 1.66 bits per heavy atom. The zero-order valence-corrected chi connectivity index (χ0v) is 19.7. The Balaban J connectivity index is 1.59. The Kier molecular flexibility index (Phi) is 6.63. The van der Waals surface area contributed by atoms with Gasteiger partial charge >= 0.3 is 0 Å². The third kappa shape index (κ3) is 4.98. The third-order valence-corrected chi connectivity index (χ3v) is 7.06. The average Bonchev–Trinajstić information content (AvgIpc) is 2.87. The van der Waals surface area contributed by atoms with E-state index < -0.39 is 5.82 Å². The number of piperidine rings is 1. The van der Waals surface area contributed by atoms with Crippen LogP contribution in [0.3, 0.4) is 0 Å². The molecule has 1 aliphatic heterocycles. The van der Waals surface area contributed by atoms with E-state index in [1.54, 1.807) is 36.4 Å². The van der Waals surface area contributed by atoms with Crippen LogP contribution in [-0.4, -0.2) is 33.4 Å². The number of rotatable bonds is 5. The fourth-order valence-corrected chi connectivity index (χ4v) is 5.25. The molecule has 0 saturated carbocycles. The van der Waals surface area contributed by atoms with E-state index in [0.717, 1.165) is 37.9 Å². The molecule has 0 spiro atoms. The summed E-state index contributed by atoms with van der Waals surface area (Å²) in [6.45, 7) is 1.44. The van der Waals surface area contributed by atoms with E-state index in [9.17, 15) is 18.4 Å². The van der Waals surface area contributed by atoms with Gasteiger partial charge in [-0.2, -0.15) is 0 Å². The maximum atomic E-state index is 14.0. The first-order valence-corrected chi connectivity index (χ1v) is 12.5. The molecule has 3 aromatic carbocycles. The normalized spacial score (nSPS) is 13.8. The molecular weight excluding hydrogens is 468 g/mol. The molecule has 4 aromatic rings. The SMILES string of the molecule is O=C(c1ccc2c(=O)n(-c3cccc(F)c3)c(SCc3cccc(F)c3)nc2c1)N1CCCCC1. The fourth-order valence-electron chi connectivity index (χ4n) is 4.29. The summed E-state index contributed by atoms with van der Waals surface area (Å²) in [5.41, 5.74) is 1.59.